The molecule has 10 heteroatoms. The molecule has 152 valence electrons. The second kappa shape index (κ2) is 8.72. The fourth-order valence-corrected chi connectivity index (χ4v) is 4.40. The zero-order valence-corrected chi connectivity index (χ0v) is 16.7. The first-order valence-electron chi connectivity index (χ1n) is 8.96. The number of sulfonamides is 1. The van der Waals surface area contributed by atoms with Gasteiger partial charge in [-0.2, -0.15) is 9.40 Å². The van der Waals surface area contributed by atoms with Crippen LogP contribution in [0.4, 0.5) is 5.69 Å². The highest BCUT2D eigenvalue weighted by atomic mass is 32.2. The smallest absolute Gasteiger partial charge is 0.243 e. The SMILES string of the molecule is COc1cc(S(=O)(=O)N2CCOCC2)ccc1NC(=O)CC(C)n1cccn1. The van der Waals surface area contributed by atoms with E-state index in [4.69, 9.17) is 9.47 Å². The van der Waals surface area contributed by atoms with Crippen molar-refractivity contribution in [3.63, 3.8) is 0 Å². The number of ether oxygens (including phenoxy) is 2. The van der Waals surface area contributed by atoms with Crippen LogP contribution in [0.15, 0.2) is 41.6 Å². The van der Waals surface area contributed by atoms with Gasteiger partial charge >= 0.3 is 0 Å². The normalized spacial score (nSPS) is 16.5. The Bertz CT molecular complexity index is 908. The summed E-state index contributed by atoms with van der Waals surface area (Å²) in [6.07, 6.45) is 3.67. The molecule has 1 aliphatic heterocycles. The van der Waals surface area contributed by atoms with Crippen LogP contribution < -0.4 is 10.1 Å². The molecule has 1 fully saturated rings. The second-order valence-electron chi connectivity index (χ2n) is 6.47. The molecule has 1 amide bonds. The van der Waals surface area contributed by atoms with Crippen LogP contribution in [-0.4, -0.2) is 61.8 Å². The van der Waals surface area contributed by atoms with Crippen LogP contribution in [0.25, 0.3) is 0 Å². The molecule has 28 heavy (non-hydrogen) atoms. The van der Waals surface area contributed by atoms with Crippen LogP contribution in [0, 0.1) is 0 Å². The standard InChI is InChI=1S/C18H24N4O5S/c1-14(22-7-3-6-19-22)12-18(23)20-16-5-4-15(13-17(16)26-2)28(24,25)21-8-10-27-11-9-21/h3-7,13-14H,8-12H2,1-2H3,(H,20,23). The van der Waals surface area contributed by atoms with Crippen molar-refractivity contribution in [2.45, 2.75) is 24.3 Å². The van der Waals surface area contributed by atoms with Gasteiger partial charge < -0.3 is 14.8 Å². The third kappa shape index (κ3) is 4.51. The topological polar surface area (TPSA) is 103 Å². The van der Waals surface area contributed by atoms with Crippen LogP contribution in [-0.2, 0) is 19.6 Å². The Morgan fingerprint density at radius 2 is 2.11 bits per heavy atom. The maximum Gasteiger partial charge on any atom is 0.243 e. The number of rotatable bonds is 7. The van der Waals surface area contributed by atoms with E-state index in [1.54, 1.807) is 29.2 Å². The van der Waals surface area contributed by atoms with E-state index in [2.05, 4.69) is 10.4 Å². The summed E-state index contributed by atoms with van der Waals surface area (Å²) in [5, 5.41) is 6.90. The molecule has 0 saturated carbocycles. The summed E-state index contributed by atoms with van der Waals surface area (Å²) in [6, 6.07) is 6.13. The Morgan fingerprint density at radius 3 is 2.75 bits per heavy atom. The van der Waals surface area contributed by atoms with E-state index in [-0.39, 0.29) is 29.0 Å². The highest BCUT2D eigenvalue weighted by Crippen LogP contribution is 2.29. The molecule has 1 unspecified atom stereocenters. The lowest BCUT2D eigenvalue weighted by Gasteiger charge is -2.26. The first-order valence-corrected chi connectivity index (χ1v) is 10.4. The summed E-state index contributed by atoms with van der Waals surface area (Å²) in [7, 11) is -2.21. The quantitative estimate of drug-likeness (QED) is 0.745. The van der Waals surface area contributed by atoms with Crippen LogP contribution in [0.1, 0.15) is 19.4 Å². The molecule has 0 aliphatic carbocycles. The lowest BCUT2D eigenvalue weighted by atomic mass is 10.2. The molecule has 3 rings (SSSR count). The summed E-state index contributed by atoms with van der Waals surface area (Å²) >= 11 is 0. The number of carbonyl (C=O) groups excluding carboxylic acids is 1. The van der Waals surface area contributed by atoms with E-state index in [9.17, 15) is 13.2 Å². The minimum atomic E-state index is -3.64. The van der Waals surface area contributed by atoms with Gasteiger partial charge in [0.2, 0.25) is 15.9 Å². The number of hydrogen-bond donors (Lipinski definition) is 1. The first kappa shape index (κ1) is 20.3. The van der Waals surface area contributed by atoms with E-state index in [0.717, 1.165) is 0 Å². The Kier molecular flexibility index (Phi) is 6.32. The minimum absolute atomic E-state index is 0.109. The summed E-state index contributed by atoms with van der Waals surface area (Å²) < 4.78 is 39.2. The van der Waals surface area contributed by atoms with Crippen molar-refractivity contribution in [1.29, 1.82) is 0 Å². The predicted molar refractivity (Wildman–Crippen MR) is 103 cm³/mol. The molecule has 1 N–H and O–H groups in total. The molecule has 0 bridgehead atoms. The number of aromatic nitrogens is 2. The van der Waals surface area contributed by atoms with Crippen molar-refractivity contribution >= 4 is 21.6 Å². The third-order valence-electron chi connectivity index (χ3n) is 4.51. The van der Waals surface area contributed by atoms with Gasteiger partial charge in [-0.15, -0.1) is 0 Å². The number of methoxy groups -OCH3 is 1. The van der Waals surface area contributed by atoms with Gasteiger partial charge in [0.1, 0.15) is 5.75 Å². The molecule has 1 aliphatic rings. The van der Waals surface area contributed by atoms with Gasteiger partial charge in [0, 0.05) is 38.0 Å². The largest absolute Gasteiger partial charge is 0.495 e. The van der Waals surface area contributed by atoms with Crippen molar-refractivity contribution in [3.05, 3.63) is 36.7 Å². The average Bonchev–Trinajstić information content (AvgIpc) is 3.24. The lowest BCUT2D eigenvalue weighted by Crippen LogP contribution is -2.40. The zero-order chi connectivity index (χ0) is 20.1. The fourth-order valence-electron chi connectivity index (χ4n) is 2.98. The van der Waals surface area contributed by atoms with Gasteiger partial charge in [-0.25, -0.2) is 8.42 Å². The van der Waals surface area contributed by atoms with Crippen molar-refractivity contribution in [3.8, 4) is 5.75 Å². The third-order valence-corrected chi connectivity index (χ3v) is 6.41. The summed E-state index contributed by atoms with van der Waals surface area (Å²) in [5.74, 6) is 0.0690. The lowest BCUT2D eigenvalue weighted by molar-refractivity contribution is -0.116. The van der Waals surface area contributed by atoms with E-state index in [1.807, 2.05) is 6.92 Å². The van der Waals surface area contributed by atoms with Gasteiger partial charge in [-0.05, 0) is 25.1 Å². The molecule has 0 radical (unpaired) electrons. The first-order chi connectivity index (χ1) is 13.4. The molecular formula is C18H24N4O5S. The molecule has 1 aromatic carbocycles. The highest BCUT2D eigenvalue weighted by molar-refractivity contribution is 7.89. The van der Waals surface area contributed by atoms with E-state index < -0.39 is 10.0 Å². The van der Waals surface area contributed by atoms with E-state index >= 15 is 0 Å². The number of nitrogens with one attached hydrogen (secondary N) is 1. The van der Waals surface area contributed by atoms with Crippen molar-refractivity contribution in [2.24, 2.45) is 0 Å². The van der Waals surface area contributed by atoms with E-state index in [0.29, 0.717) is 32.0 Å². The molecule has 1 aromatic heterocycles. The number of morpholine rings is 1. The molecular weight excluding hydrogens is 384 g/mol. The number of benzene rings is 1. The zero-order valence-electron chi connectivity index (χ0n) is 15.9. The number of hydrogen-bond acceptors (Lipinski definition) is 6. The Labute approximate surface area is 164 Å². The van der Waals surface area contributed by atoms with E-state index in [1.165, 1.54) is 23.5 Å². The van der Waals surface area contributed by atoms with Gasteiger partial charge in [0.05, 0.1) is 36.9 Å². The minimum Gasteiger partial charge on any atom is -0.495 e. The van der Waals surface area contributed by atoms with Crippen LogP contribution >= 0.6 is 0 Å². The highest BCUT2D eigenvalue weighted by Gasteiger charge is 2.27. The molecule has 1 atom stereocenters. The number of amides is 1. The molecule has 0 spiro atoms. The molecule has 2 aromatic rings. The summed E-state index contributed by atoms with van der Waals surface area (Å²) in [4.78, 5) is 12.5. The predicted octanol–water partition coefficient (Wildman–Crippen LogP) is 1.50. The van der Waals surface area contributed by atoms with Crippen LogP contribution in [0.3, 0.4) is 0 Å². The maximum absolute atomic E-state index is 12.8. The van der Waals surface area contributed by atoms with Crippen molar-refractivity contribution in [2.75, 3.05) is 38.7 Å². The molecule has 2 heterocycles. The Morgan fingerprint density at radius 1 is 1.36 bits per heavy atom. The van der Waals surface area contributed by atoms with Crippen LogP contribution in [0.5, 0.6) is 5.75 Å². The Hall–Kier alpha value is -2.43. The van der Waals surface area contributed by atoms with Gasteiger partial charge in [-0.3, -0.25) is 9.48 Å². The number of nitrogens with zero attached hydrogens (tertiary/aromatic N) is 3. The monoisotopic (exact) mass is 408 g/mol. The van der Waals surface area contributed by atoms with Crippen molar-refractivity contribution < 1.29 is 22.7 Å². The average molecular weight is 408 g/mol. The maximum atomic E-state index is 12.8. The molecule has 9 nitrogen and oxygen atoms in total. The Balaban J connectivity index is 1.73. The van der Waals surface area contributed by atoms with Crippen LogP contribution in [0.2, 0.25) is 0 Å². The van der Waals surface area contributed by atoms with Gasteiger partial charge in [-0.1, -0.05) is 0 Å². The number of anilines is 1. The van der Waals surface area contributed by atoms with Gasteiger partial charge in [0.15, 0.2) is 0 Å². The van der Waals surface area contributed by atoms with Crippen molar-refractivity contribution in [1.82, 2.24) is 14.1 Å². The fraction of sp³-hybridized carbons (Fsp3) is 0.444. The summed E-state index contributed by atoms with van der Waals surface area (Å²) in [6.45, 7) is 3.27. The van der Waals surface area contributed by atoms with Gasteiger partial charge in [0.25, 0.3) is 0 Å². The second-order valence-corrected chi connectivity index (χ2v) is 8.40. The number of carbonyl (C=O) groups is 1. The summed E-state index contributed by atoms with van der Waals surface area (Å²) in [5.41, 5.74) is 0.418. The molecule has 1 saturated heterocycles.